The fourth-order valence-corrected chi connectivity index (χ4v) is 3.93. The van der Waals surface area contributed by atoms with E-state index >= 15 is 0 Å². The van der Waals surface area contributed by atoms with Gasteiger partial charge in [0.1, 0.15) is 0 Å². The van der Waals surface area contributed by atoms with Crippen LogP contribution in [-0.2, 0) is 11.3 Å². The van der Waals surface area contributed by atoms with Crippen molar-refractivity contribution in [3.63, 3.8) is 0 Å². The van der Waals surface area contributed by atoms with Gasteiger partial charge in [0.2, 0.25) is 5.91 Å². The van der Waals surface area contributed by atoms with Crippen LogP contribution >= 0.6 is 11.8 Å². The van der Waals surface area contributed by atoms with E-state index in [4.69, 9.17) is 0 Å². The molecular weight excluding hydrogens is 362 g/mol. The molecule has 0 spiro atoms. The summed E-state index contributed by atoms with van der Waals surface area (Å²) < 4.78 is 0. The maximum absolute atomic E-state index is 12.4. The number of thioether (sulfide) groups is 1. The molecule has 3 rings (SSSR count). The normalized spacial score (nSPS) is 14.9. The average Bonchev–Trinajstić information content (AvgIpc) is 2.67. The Morgan fingerprint density at radius 2 is 1.81 bits per heavy atom. The monoisotopic (exact) mass is 385 g/mol. The molecule has 142 valence electrons. The van der Waals surface area contributed by atoms with E-state index in [9.17, 15) is 14.9 Å². The smallest absolute Gasteiger partial charge is 0.269 e. The Bertz CT molecular complexity index is 802. The Labute approximate surface area is 163 Å². The van der Waals surface area contributed by atoms with Crippen molar-refractivity contribution in [3.05, 3.63) is 69.8 Å². The molecule has 1 aliphatic rings. The van der Waals surface area contributed by atoms with Crippen molar-refractivity contribution >= 4 is 23.4 Å². The van der Waals surface area contributed by atoms with Crippen LogP contribution in [0.5, 0.6) is 0 Å². The highest BCUT2D eigenvalue weighted by molar-refractivity contribution is 8.00. The number of hydrogen-bond acceptors (Lipinski definition) is 5. The highest BCUT2D eigenvalue weighted by Crippen LogP contribution is 2.22. The van der Waals surface area contributed by atoms with Crippen LogP contribution in [0, 0.1) is 17.0 Å². The van der Waals surface area contributed by atoms with Crippen LogP contribution in [0.1, 0.15) is 11.1 Å². The first-order valence-corrected chi connectivity index (χ1v) is 9.93. The Hall–Kier alpha value is -2.38. The van der Waals surface area contributed by atoms with Crippen LogP contribution in [0.4, 0.5) is 5.69 Å². The molecule has 2 aromatic carbocycles. The Morgan fingerprint density at radius 3 is 2.44 bits per heavy atom. The summed E-state index contributed by atoms with van der Waals surface area (Å²) in [5.74, 6) is 0.476. The summed E-state index contributed by atoms with van der Waals surface area (Å²) in [5.41, 5.74) is 2.64. The molecule has 2 aromatic rings. The summed E-state index contributed by atoms with van der Waals surface area (Å²) in [6.07, 6.45) is 0. The van der Waals surface area contributed by atoms with E-state index in [1.807, 2.05) is 4.90 Å². The zero-order valence-electron chi connectivity index (χ0n) is 15.3. The molecule has 0 N–H and O–H groups in total. The van der Waals surface area contributed by atoms with Crippen molar-refractivity contribution in [3.8, 4) is 0 Å². The number of nitrogens with zero attached hydrogens (tertiary/aromatic N) is 3. The predicted octanol–water partition coefficient (Wildman–Crippen LogP) is 3.34. The minimum absolute atomic E-state index is 0.0652. The molecular formula is C20H23N3O3S. The average molecular weight is 385 g/mol. The van der Waals surface area contributed by atoms with Gasteiger partial charge in [-0.05, 0) is 24.6 Å². The second kappa shape index (κ2) is 9.01. The van der Waals surface area contributed by atoms with Crippen molar-refractivity contribution in [2.45, 2.75) is 18.4 Å². The van der Waals surface area contributed by atoms with Crippen molar-refractivity contribution in [2.75, 3.05) is 31.9 Å². The Kier molecular flexibility index (Phi) is 6.47. The molecule has 0 aliphatic carbocycles. The number of aryl methyl sites for hydroxylation is 1. The van der Waals surface area contributed by atoms with Crippen LogP contribution in [0.2, 0.25) is 0 Å². The zero-order chi connectivity index (χ0) is 19.2. The lowest BCUT2D eigenvalue weighted by Crippen LogP contribution is -2.48. The highest BCUT2D eigenvalue weighted by Gasteiger charge is 2.21. The lowest BCUT2D eigenvalue weighted by atomic mass is 10.1. The molecule has 1 amide bonds. The van der Waals surface area contributed by atoms with Gasteiger partial charge in [0.25, 0.3) is 5.69 Å². The maximum Gasteiger partial charge on any atom is 0.269 e. The molecule has 0 unspecified atom stereocenters. The lowest BCUT2D eigenvalue weighted by Gasteiger charge is -2.34. The molecule has 27 heavy (non-hydrogen) atoms. The van der Waals surface area contributed by atoms with Gasteiger partial charge in [-0.3, -0.25) is 19.8 Å². The minimum atomic E-state index is -0.421. The predicted molar refractivity (Wildman–Crippen MR) is 107 cm³/mol. The van der Waals surface area contributed by atoms with E-state index in [1.165, 1.54) is 35.0 Å². The largest absolute Gasteiger partial charge is 0.339 e. The number of nitro groups is 1. The molecule has 1 saturated heterocycles. The molecule has 0 radical (unpaired) electrons. The van der Waals surface area contributed by atoms with Crippen molar-refractivity contribution in [1.82, 2.24) is 9.80 Å². The Morgan fingerprint density at radius 1 is 1.11 bits per heavy atom. The molecule has 0 bridgehead atoms. The first-order valence-electron chi connectivity index (χ1n) is 8.94. The van der Waals surface area contributed by atoms with E-state index < -0.39 is 4.92 Å². The topological polar surface area (TPSA) is 66.7 Å². The molecule has 1 aliphatic heterocycles. The van der Waals surface area contributed by atoms with E-state index in [2.05, 4.69) is 36.1 Å². The van der Waals surface area contributed by atoms with Crippen LogP contribution in [0.15, 0.2) is 53.4 Å². The first kappa shape index (κ1) is 19.4. The van der Waals surface area contributed by atoms with Gasteiger partial charge in [-0.1, -0.05) is 29.8 Å². The fraction of sp³-hybridized carbons (Fsp3) is 0.350. The van der Waals surface area contributed by atoms with Gasteiger partial charge in [0.15, 0.2) is 0 Å². The number of nitro benzene ring substituents is 1. The number of benzene rings is 2. The maximum atomic E-state index is 12.4. The molecule has 0 aromatic heterocycles. The SMILES string of the molecule is Cc1cccc(CN2CCN(C(=O)CSc3ccc([N+](=O)[O-])cc3)CC2)c1. The minimum Gasteiger partial charge on any atom is -0.339 e. The van der Waals surface area contributed by atoms with Crippen LogP contribution < -0.4 is 0 Å². The second-order valence-corrected chi connectivity index (χ2v) is 7.73. The zero-order valence-corrected chi connectivity index (χ0v) is 16.2. The van der Waals surface area contributed by atoms with Gasteiger partial charge >= 0.3 is 0 Å². The summed E-state index contributed by atoms with van der Waals surface area (Å²) in [6, 6.07) is 14.9. The standard InChI is InChI=1S/C20H23N3O3S/c1-16-3-2-4-17(13-16)14-21-9-11-22(12-10-21)20(24)15-27-19-7-5-18(6-8-19)23(25)26/h2-8,13H,9-12,14-15H2,1H3. The Balaban J connectivity index is 1.43. The number of rotatable bonds is 6. The van der Waals surface area contributed by atoms with E-state index in [-0.39, 0.29) is 11.6 Å². The van der Waals surface area contributed by atoms with E-state index in [0.717, 1.165) is 37.6 Å². The molecule has 7 heteroatoms. The van der Waals surface area contributed by atoms with Gasteiger partial charge in [-0.15, -0.1) is 11.8 Å². The summed E-state index contributed by atoms with van der Waals surface area (Å²) in [7, 11) is 0. The van der Waals surface area contributed by atoms with Crippen molar-refractivity contribution in [2.24, 2.45) is 0 Å². The molecule has 0 saturated carbocycles. The number of amides is 1. The molecule has 6 nitrogen and oxygen atoms in total. The van der Waals surface area contributed by atoms with E-state index in [0.29, 0.717) is 5.75 Å². The van der Waals surface area contributed by atoms with Gasteiger partial charge in [-0.25, -0.2) is 0 Å². The third kappa shape index (κ3) is 5.55. The highest BCUT2D eigenvalue weighted by atomic mass is 32.2. The van der Waals surface area contributed by atoms with Gasteiger partial charge in [0.05, 0.1) is 10.7 Å². The number of carbonyl (C=O) groups excluding carboxylic acids is 1. The van der Waals surface area contributed by atoms with Crippen molar-refractivity contribution < 1.29 is 9.72 Å². The molecule has 1 fully saturated rings. The van der Waals surface area contributed by atoms with E-state index in [1.54, 1.807) is 12.1 Å². The fourth-order valence-electron chi connectivity index (χ4n) is 3.12. The third-order valence-corrected chi connectivity index (χ3v) is 5.62. The third-order valence-electron chi connectivity index (χ3n) is 4.62. The number of non-ortho nitro benzene ring substituents is 1. The summed E-state index contributed by atoms with van der Waals surface area (Å²) >= 11 is 1.42. The molecule has 0 atom stereocenters. The molecule has 1 heterocycles. The van der Waals surface area contributed by atoms with Gasteiger partial charge in [-0.2, -0.15) is 0 Å². The van der Waals surface area contributed by atoms with Crippen LogP contribution in [-0.4, -0.2) is 52.6 Å². The first-order chi connectivity index (χ1) is 13.0. The number of piperazine rings is 1. The van der Waals surface area contributed by atoms with Gasteiger partial charge in [0, 0.05) is 49.8 Å². The summed E-state index contributed by atoms with van der Waals surface area (Å²) in [6.45, 7) is 6.25. The number of hydrogen-bond donors (Lipinski definition) is 0. The van der Waals surface area contributed by atoms with Crippen LogP contribution in [0.25, 0.3) is 0 Å². The lowest BCUT2D eigenvalue weighted by molar-refractivity contribution is -0.384. The number of carbonyl (C=O) groups is 1. The van der Waals surface area contributed by atoms with Crippen molar-refractivity contribution in [1.29, 1.82) is 0 Å². The second-order valence-electron chi connectivity index (χ2n) is 6.69. The summed E-state index contributed by atoms with van der Waals surface area (Å²) in [5, 5.41) is 10.7. The van der Waals surface area contributed by atoms with Gasteiger partial charge < -0.3 is 4.90 Å². The quantitative estimate of drug-likeness (QED) is 0.433. The van der Waals surface area contributed by atoms with Crippen LogP contribution in [0.3, 0.4) is 0 Å². The summed E-state index contributed by atoms with van der Waals surface area (Å²) in [4.78, 5) is 27.8.